The van der Waals surface area contributed by atoms with E-state index in [0.29, 0.717) is 6.54 Å². The van der Waals surface area contributed by atoms with E-state index in [4.69, 9.17) is 4.42 Å². The molecule has 2 heterocycles. The highest BCUT2D eigenvalue weighted by Gasteiger charge is 2.02. The lowest BCUT2D eigenvalue weighted by Crippen LogP contribution is -2.12. The van der Waals surface area contributed by atoms with Crippen LogP contribution in [0, 0.1) is 5.82 Å². The summed E-state index contributed by atoms with van der Waals surface area (Å²) in [5, 5.41) is 4.32. The Labute approximate surface area is 104 Å². The van der Waals surface area contributed by atoms with E-state index in [1.165, 1.54) is 12.1 Å². The molecule has 0 radical (unpaired) electrons. The molecule has 0 saturated heterocycles. The monoisotopic (exact) mass is 244 g/mol. The number of fused-ring (bicyclic) bond motifs is 1. The number of H-pyrrole nitrogens is 1. The second-order valence-electron chi connectivity index (χ2n) is 4.26. The van der Waals surface area contributed by atoms with Crippen molar-refractivity contribution in [1.82, 2.24) is 10.3 Å². The van der Waals surface area contributed by atoms with Gasteiger partial charge in [-0.3, -0.25) is 0 Å². The van der Waals surface area contributed by atoms with Gasteiger partial charge in [0.1, 0.15) is 5.82 Å². The molecule has 3 rings (SSSR count). The van der Waals surface area contributed by atoms with Crippen LogP contribution in [0.5, 0.6) is 0 Å². The summed E-state index contributed by atoms with van der Waals surface area (Å²) in [5.74, 6) is -0.220. The second kappa shape index (κ2) is 4.66. The summed E-state index contributed by atoms with van der Waals surface area (Å²) in [6.07, 6.45) is 3.37. The van der Waals surface area contributed by atoms with Crippen molar-refractivity contribution in [2.75, 3.05) is 0 Å². The van der Waals surface area contributed by atoms with Crippen molar-refractivity contribution in [2.24, 2.45) is 0 Å². The average Bonchev–Trinajstić information content (AvgIpc) is 2.97. The Kier molecular flexibility index (Phi) is 2.86. The molecule has 0 aliphatic rings. The first-order valence-electron chi connectivity index (χ1n) is 5.80. The zero-order chi connectivity index (χ0) is 12.4. The van der Waals surface area contributed by atoms with E-state index in [1.54, 1.807) is 18.6 Å². The average molecular weight is 244 g/mol. The van der Waals surface area contributed by atoms with Crippen molar-refractivity contribution in [2.45, 2.75) is 13.1 Å². The molecule has 4 heteroatoms. The van der Waals surface area contributed by atoms with E-state index in [0.717, 1.165) is 28.7 Å². The van der Waals surface area contributed by atoms with E-state index in [1.807, 2.05) is 12.1 Å². The van der Waals surface area contributed by atoms with Crippen LogP contribution in [0.2, 0.25) is 0 Å². The van der Waals surface area contributed by atoms with Crippen LogP contribution < -0.4 is 5.32 Å². The third-order valence-electron chi connectivity index (χ3n) is 2.86. The molecule has 2 aromatic heterocycles. The molecule has 3 aromatic rings. The van der Waals surface area contributed by atoms with Gasteiger partial charge in [0.2, 0.25) is 0 Å². The molecule has 1 aromatic carbocycles. The number of hydrogen-bond donors (Lipinski definition) is 2. The Morgan fingerprint density at radius 1 is 1.17 bits per heavy atom. The van der Waals surface area contributed by atoms with Crippen LogP contribution >= 0.6 is 0 Å². The molecule has 0 fully saturated rings. The summed E-state index contributed by atoms with van der Waals surface area (Å²) < 4.78 is 18.0. The molecule has 0 spiro atoms. The van der Waals surface area contributed by atoms with Crippen LogP contribution in [-0.2, 0) is 13.1 Å². The van der Waals surface area contributed by atoms with Crippen molar-refractivity contribution < 1.29 is 8.81 Å². The van der Waals surface area contributed by atoms with Gasteiger partial charge in [-0.15, -0.1) is 0 Å². The van der Waals surface area contributed by atoms with Crippen LogP contribution in [-0.4, -0.2) is 4.98 Å². The minimum Gasteiger partial charge on any atom is -0.472 e. The molecular formula is C14H13FN2O. The zero-order valence-corrected chi connectivity index (χ0v) is 9.74. The second-order valence-corrected chi connectivity index (χ2v) is 4.26. The van der Waals surface area contributed by atoms with Crippen LogP contribution in [0.25, 0.3) is 10.9 Å². The number of benzene rings is 1. The highest BCUT2D eigenvalue weighted by atomic mass is 19.1. The number of rotatable bonds is 4. The van der Waals surface area contributed by atoms with Crippen LogP contribution in [0.1, 0.15) is 11.3 Å². The number of furan rings is 1. The first-order chi connectivity index (χ1) is 8.81. The van der Waals surface area contributed by atoms with Crippen molar-refractivity contribution in [3.8, 4) is 0 Å². The van der Waals surface area contributed by atoms with Gasteiger partial charge in [0.05, 0.1) is 12.5 Å². The van der Waals surface area contributed by atoms with Crippen molar-refractivity contribution >= 4 is 10.9 Å². The lowest BCUT2D eigenvalue weighted by molar-refractivity contribution is 0.560. The normalized spacial score (nSPS) is 11.2. The molecule has 3 nitrogen and oxygen atoms in total. The fraction of sp³-hybridized carbons (Fsp3) is 0.143. The molecule has 0 atom stereocenters. The van der Waals surface area contributed by atoms with E-state index < -0.39 is 0 Å². The molecule has 0 aliphatic carbocycles. The number of aromatic nitrogens is 1. The molecule has 0 unspecified atom stereocenters. The molecule has 18 heavy (non-hydrogen) atoms. The van der Waals surface area contributed by atoms with Gasteiger partial charge in [0.15, 0.2) is 0 Å². The summed E-state index contributed by atoms with van der Waals surface area (Å²) in [4.78, 5) is 3.19. The fourth-order valence-corrected chi connectivity index (χ4v) is 1.99. The van der Waals surface area contributed by atoms with E-state index >= 15 is 0 Å². The highest BCUT2D eigenvalue weighted by molar-refractivity contribution is 5.80. The van der Waals surface area contributed by atoms with E-state index in [2.05, 4.69) is 10.3 Å². The standard InChI is InChI=1S/C14H13FN2O/c15-12-2-1-11-5-13(17-14(11)6-12)8-16-7-10-3-4-18-9-10/h1-6,9,16-17H,7-8H2. The molecule has 2 N–H and O–H groups in total. The van der Waals surface area contributed by atoms with Crippen molar-refractivity contribution in [3.05, 3.63) is 59.9 Å². The molecular weight excluding hydrogens is 231 g/mol. The van der Waals surface area contributed by atoms with E-state index in [-0.39, 0.29) is 5.82 Å². The molecule has 0 amide bonds. The van der Waals surface area contributed by atoms with Gasteiger partial charge >= 0.3 is 0 Å². The Morgan fingerprint density at radius 2 is 2.11 bits per heavy atom. The summed E-state index contributed by atoms with van der Waals surface area (Å²) in [5.41, 5.74) is 2.98. The summed E-state index contributed by atoms with van der Waals surface area (Å²) in [7, 11) is 0. The topological polar surface area (TPSA) is 41.0 Å². The van der Waals surface area contributed by atoms with Crippen LogP contribution in [0.3, 0.4) is 0 Å². The van der Waals surface area contributed by atoms with Gasteiger partial charge in [-0.25, -0.2) is 4.39 Å². The Bertz CT molecular complexity index is 643. The smallest absolute Gasteiger partial charge is 0.125 e. The van der Waals surface area contributed by atoms with Gasteiger partial charge < -0.3 is 14.7 Å². The van der Waals surface area contributed by atoms with Gasteiger partial charge in [0.25, 0.3) is 0 Å². The SMILES string of the molecule is Fc1ccc2cc(CNCc3ccoc3)[nH]c2c1. The van der Waals surface area contributed by atoms with Gasteiger partial charge in [-0.05, 0) is 35.7 Å². The first-order valence-corrected chi connectivity index (χ1v) is 5.80. The van der Waals surface area contributed by atoms with Gasteiger partial charge in [0, 0.05) is 29.9 Å². The lowest BCUT2D eigenvalue weighted by Gasteiger charge is -1.99. The Hall–Kier alpha value is -2.07. The van der Waals surface area contributed by atoms with Crippen molar-refractivity contribution in [3.63, 3.8) is 0 Å². The zero-order valence-electron chi connectivity index (χ0n) is 9.74. The summed E-state index contributed by atoms with van der Waals surface area (Å²) >= 11 is 0. The molecule has 0 bridgehead atoms. The summed E-state index contributed by atoms with van der Waals surface area (Å²) in [6, 6.07) is 8.71. The predicted octanol–water partition coefficient (Wildman–Crippen LogP) is 3.19. The lowest BCUT2D eigenvalue weighted by atomic mass is 10.2. The predicted molar refractivity (Wildman–Crippen MR) is 67.5 cm³/mol. The fourth-order valence-electron chi connectivity index (χ4n) is 1.99. The maximum Gasteiger partial charge on any atom is 0.125 e. The van der Waals surface area contributed by atoms with E-state index in [9.17, 15) is 4.39 Å². The third-order valence-corrected chi connectivity index (χ3v) is 2.86. The number of halogens is 1. The maximum atomic E-state index is 13.0. The molecule has 92 valence electrons. The maximum absolute atomic E-state index is 13.0. The Morgan fingerprint density at radius 3 is 2.94 bits per heavy atom. The number of hydrogen-bond acceptors (Lipinski definition) is 2. The molecule has 0 saturated carbocycles. The summed E-state index contributed by atoms with van der Waals surface area (Å²) in [6.45, 7) is 1.46. The number of nitrogens with one attached hydrogen (secondary N) is 2. The van der Waals surface area contributed by atoms with Crippen LogP contribution in [0.15, 0.2) is 47.3 Å². The number of aromatic amines is 1. The Balaban J connectivity index is 1.67. The largest absolute Gasteiger partial charge is 0.472 e. The minimum atomic E-state index is -0.220. The quantitative estimate of drug-likeness (QED) is 0.740. The van der Waals surface area contributed by atoms with Gasteiger partial charge in [-0.1, -0.05) is 0 Å². The highest BCUT2D eigenvalue weighted by Crippen LogP contribution is 2.16. The third kappa shape index (κ3) is 2.28. The van der Waals surface area contributed by atoms with Crippen molar-refractivity contribution in [1.29, 1.82) is 0 Å². The molecule has 0 aliphatic heterocycles. The van der Waals surface area contributed by atoms with Gasteiger partial charge in [-0.2, -0.15) is 0 Å². The minimum absolute atomic E-state index is 0.220. The first kappa shape index (κ1) is 11.0. The van der Waals surface area contributed by atoms with Crippen LogP contribution in [0.4, 0.5) is 4.39 Å².